The molecule has 0 bridgehead atoms. The summed E-state index contributed by atoms with van der Waals surface area (Å²) in [5.74, 6) is 2.44. The molecule has 1 saturated heterocycles. The average Bonchev–Trinajstić information content (AvgIpc) is 2.76. The molecular formula is C23H34N4O2. The second kappa shape index (κ2) is 11.0. The van der Waals surface area contributed by atoms with E-state index in [0.29, 0.717) is 12.6 Å². The van der Waals surface area contributed by atoms with E-state index in [1.807, 2.05) is 13.0 Å². The minimum Gasteiger partial charge on any atom is -0.490 e. The van der Waals surface area contributed by atoms with E-state index in [1.165, 1.54) is 5.56 Å². The number of hydrogen-bond donors (Lipinski definition) is 1. The summed E-state index contributed by atoms with van der Waals surface area (Å²) in [7, 11) is 0. The lowest BCUT2D eigenvalue weighted by Crippen LogP contribution is -2.38. The third-order valence-corrected chi connectivity index (χ3v) is 5.41. The van der Waals surface area contributed by atoms with Gasteiger partial charge in [0.1, 0.15) is 0 Å². The second-order valence-electron chi connectivity index (χ2n) is 7.54. The number of hydrogen-bond acceptors (Lipinski definition) is 6. The Hall–Kier alpha value is -2.34. The lowest BCUT2D eigenvalue weighted by molar-refractivity contribution is 0.181. The van der Waals surface area contributed by atoms with E-state index in [1.54, 1.807) is 12.4 Å². The molecule has 2 aromatic rings. The van der Waals surface area contributed by atoms with Crippen LogP contribution in [0.3, 0.4) is 0 Å². The first kappa shape index (κ1) is 21.4. The molecule has 2 heterocycles. The Balaban J connectivity index is 1.55. The van der Waals surface area contributed by atoms with E-state index in [9.17, 15) is 0 Å². The fourth-order valence-corrected chi connectivity index (χ4v) is 3.70. The van der Waals surface area contributed by atoms with Gasteiger partial charge in [-0.1, -0.05) is 19.9 Å². The molecule has 1 N–H and O–H groups in total. The maximum atomic E-state index is 6.15. The number of piperidine rings is 1. The molecule has 0 spiro atoms. The Morgan fingerprint density at radius 2 is 1.79 bits per heavy atom. The van der Waals surface area contributed by atoms with E-state index >= 15 is 0 Å². The third-order valence-electron chi connectivity index (χ3n) is 5.41. The smallest absolute Gasteiger partial charge is 0.222 e. The first-order valence-corrected chi connectivity index (χ1v) is 10.9. The molecule has 0 amide bonds. The monoisotopic (exact) mass is 398 g/mol. The minimum atomic E-state index is 0.236. The number of ether oxygens (including phenoxy) is 2. The molecule has 1 aliphatic heterocycles. The maximum Gasteiger partial charge on any atom is 0.222 e. The summed E-state index contributed by atoms with van der Waals surface area (Å²) in [5.41, 5.74) is 1.27. The highest BCUT2D eigenvalue weighted by Gasteiger charge is 2.20. The van der Waals surface area contributed by atoms with Crippen molar-refractivity contribution >= 4 is 5.95 Å². The number of aromatic nitrogens is 2. The zero-order valence-corrected chi connectivity index (χ0v) is 17.9. The summed E-state index contributed by atoms with van der Waals surface area (Å²) in [6.07, 6.45) is 7.97. The summed E-state index contributed by atoms with van der Waals surface area (Å²) in [6.45, 7) is 10.0. The van der Waals surface area contributed by atoms with Crippen LogP contribution in [0.25, 0.3) is 0 Å². The maximum absolute atomic E-state index is 6.15. The van der Waals surface area contributed by atoms with Crippen molar-refractivity contribution in [1.82, 2.24) is 14.9 Å². The average molecular weight is 399 g/mol. The predicted molar refractivity (Wildman–Crippen MR) is 117 cm³/mol. The van der Waals surface area contributed by atoms with Gasteiger partial charge in [-0.3, -0.25) is 4.90 Å². The Kier molecular flexibility index (Phi) is 8.11. The van der Waals surface area contributed by atoms with Crippen LogP contribution >= 0.6 is 0 Å². The zero-order chi connectivity index (χ0) is 20.5. The highest BCUT2D eigenvalue weighted by molar-refractivity contribution is 5.43. The van der Waals surface area contributed by atoms with E-state index in [4.69, 9.17) is 9.47 Å². The molecule has 6 nitrogen and oxygen atoms in total. The number of benzene rings is 1. The fraction of sp³-hybridized carbons (Fsp3) is 0.565. The van der Waals surface area contributed by atoms with E-state index in [-0.39, 0.29) is 6.10 Å². The van der Waals surface area contributed by atoms with Gasteiger partial charge in [-0.2, -0.15) is 0 Å². The van der Waals surface area contributed by atoms with Crippen molar-refractivity contribution in [2.45, 2.75) is 65.1 Å². The third kappa shape index (κ3) is 6.32. The lowest BCUT2D eigenvalue weighted by Gasteiger charge is -2.32. The van der Waals surface area contributed by atoms with E-state index < -0.39 is 0 Å². The van der Waals surface area contributed by atoms with Crippen LogP contribution in [0.1, 0.15) is 52.0 Å². The van der Waals surface area contributed by atoms with Crippen LogP contribution in [-0.2, 0) is 6.54 Å². The molecule has 29 heavy (non-hydrogen) atoms. The summed E-state index contributed by atoms with van der Waals surface area (Å²) in [6, 6.07) is 8.65. The molecule has 1 aromatic heterocycles. The van der Waals surface area contributed by atoms with Crippen molar-refractivity contribution in [2.75, 3.05) is 25.0 Å². The molecule has 0 unspecified atom stereocenters. The quantitative estimate of drug-likeness (QED) is 0.635. The summed E-state index contributed by atoms with van der Waals surface area (Å²) in [4.78, 5) is 11.0. The Morgan fingerprint density at radius 3 is 2.45 bits per heavy atom. The molecule has 1 fully saturated rings. The predicted octanol–water partition coefficient (Wildman–Crippen LogP) is 4.52. The van der Waals surface area contributed by atoms with Gasteiger partial charge in [-0.25, -0.2) is 9.97 Å². The first-order valence-electron chi connectivity index (χ1n) is 10.9. The molecule has 1 aliphatic rings. The van der Waals surface area contributed by atoms with Gasteiger partial charge in [0.25, 0.3) is 0 Å². The lowest BCUT2D eigenvalue weighted by atomic mass is 10.0. The van der Waals surface area contributed by atoms with Gasteiger partial charge in [0.2, 0.25) is 5.95 Å². The summed E-state index contributed by atoms with van der Waals surface area (Å²) >= 11 is 0. The molecule has 3 rings (SSSR count). The second-order valence-corrected chi connectivity index (χ2v) is 7.54. The van der Waals surface area contributed by atoms with Gasteiger partial charge in [-0.15, -0.1) is 0 Å². The van der Waals surface area contributed by atoms with Crippen molar-refractivity contribution < 1.29 is 9.47 Å². The fourth-order valence-electron chi connectivity index (χ4n) is 3.70. The van der Waals surface area contributed by atoms with Crippen molar-refractivity contribution in [1.29, 1.82) is 0 Å². The van der Waals surface area contributed by atoms with E-state index in [2.05, 4.69) is 52.2 Å². The molecule has 0 atom stereocenters. The Bertz CT molecular complexity index is 729. The summed E-state index contributed by atoms with van der Waals surface area (Å²) in [5, 5.41) is 3.44. The van der Waals surface area contributed by atoms with Crippen LogP contribution in [0.15, 0.2) is 36.7 Å². The molecule has 158 valence electrons. The Labute approximate surface area is 174 Å². The van der Waals surface area contributed by atoms with Gasteiger partial charge in [-0.05, 0) is 56.4 Å². The van der Waals surface area contributed by atoms with Crippen molar-refractivity contribution in [2.24, 2.45) is 0 Å². The molecule has 6 heteroatoms. The first-order chi connectivity index (χ1) is 14.2. The van der Waals surface area contributed by atoms with Crippen LogP contribution in [0.2, 0.25) is 0 Å². The van der Waals surface area contributed by atoms with Crippen LogP contribution in [0.5, 0.6) is 11.5 Å². The van der Waals surface area contributed by atoms with Crippen molar-refractivity contribution in [3.63, 3.8) is 0 Å². The Morgan fingerprint density at radius 1 is 1.07 bits per heavy atom. The number of rotatable bonds is 10. The number of likely N-dealkylation sites (tertiary alicyclic amines) is 1. The van der Waals surface area contributed by atoms with Crippen molar-refractivity contribution in [3.05, 3.63) is 42.2 Å². The molecule has 0 saturated carbocycles. The highest BCUT2D eigenvalue weighted by atomic mass is 16.5. The van der Waals surface area contributed by atoms with Gasteiger partial charge >= 0.3 is 0 Å². The topological polar surface area (TPSA) is 59.5 Å². The SMILES string of the molecule is CCOc1cc(CN2CCC(Nc3ncccn3)CC2)ccc1OC(CC)CC. The van der Waals surface area contributed by atoms with Crippen LogP contribution in [-0.4, -0.2) is 46.7 Å². The standard InChI is InChI=1S/C23H34N4O2/c1-4-20(5-2)29-21-9-8-18(16-22(21)28-6-3)17-27-14-10-19(11-15-27)26-23-24-12-7-13-25-23/h7-9,12-13,16,19-20H,4-6,10-11,14-15,17H2,1-3H3,(H,24,25,26). The molecule has 0 radical (unpaired) electrons. The minimum absolute atomic E-state index is 0.236. The normalized spacial score (nSPS) is 15.4. The largest absolute Gasteiger partial charge is 0.490 e. The molecule has 1 aromatic carbocycles. The number of nitrogens with zero attached hydrogens (tertiary/aromatic N) is 3. The number of anilines is 1. The number of nitrogens with one attached hydrogen (secondary N) is 1. The van der Waals surface area contributed by atoms with Crippen LogP contribution in [0, 0.1) is 0 Å². The van der Waals surface area contributed by atoms with Crippen molar-refractivity contribution in [3.8, 4) is 11.5 Å². The summed E-state index contributed by atoms with van der Waals surface area (Å²) < 4.78 is 12.0. The van der Waals surface area contributed by atoms with Crippen LogP contribution in [0.4, 0.5) is 5.95 Å². The molecule has 0 aliphatic carbocycles. The van der Waals surface area contributed by atoms with Gasteiger partial charge in [0, 0.05) is 38.1 Å². The highest BCUT2D eigenvalue weighted by Crippen LogP contribution is 2.31. The zero-order valence-electron chi connectivity index (χ0n) is 17.9. The van der Waals surface area contributed by atoms with Gasteiger partial charge in [0.15, 0.2) is 11.5 Å². The van der Waals surface area contributed by atoms with Crippen LogP contribution < -0.4 is 14.8 Å². The van der Waals surface area contributed by atoms with E-state index in [0.717, 1.165) is 62.8 Å². The van der Waals surface area contributed by atoms with Gasteiger partial charge in [0.05, 0.1) is 12.7 Å². The molecular weight excluding hydrogens is 364 g/mol. The van der Waals surface area contributed by atoms with Gasteiger partial charge < -0.3 is 14.8 Å².